The number of hydrogen-bond donors (Lipinski definition) is 1. The van der Waals surface area contributed by atoms with Crippen molar-refractivity contribution in [1.29, 1.82) is 0 Å². The summed E-state index contributed by atoms with van der Waals surface area (Å²) in [6.07, 6.45) is 3.96. The molecular formula is C14H17NO. The van der Waals surface area contributed by atoms with E-state index in [1.54, 1.807) is 6.20 Å². The maximum Gasteiger partial charge on any atom is 0.0813 e. The molecule has 2 rings (SSSR count). The number of pyridine rings is 1. The lowest BCUT2D eigenvalue weighted by atomic mass is 9.97. The van der Waals surface area contributed by atoms with E-state index < -0.39 is 6.10 Å². The third-order valence-electron chi connectivity index (χ3n) is 2.75. The van der Waals surface area contributed by atoms with Crippen LogP contribution in [0.25, 0.3) is 10.8 Å². The summed E-state index contributed by atoms with van der Waals surface area (Å²) in [4.78, 5) is 4.18. The molecule has 84 valence electrons. The van der Waals surface area contributed by atoms with Gasteiger partial charge in [-0.2, -0.15) is 0 Å². The van der Waals surface area contributed by atoms with E-state index in [9.17, 15) is 5.11 Å². The standard InChI is InChI=1S/C14H17NO/c1-10(2)7-14(16)13-9-15-8-11-5-3-4-6-12(11)13/h3-6,8-10,14,16H,7H2,1-2H3. The van der Waals surface area contributed by atoms with Crippen molar-refractivity contribution in [3.8, 4) is 0 Å². The molecule has 0 fully saturated rings. The van der Waals surface area contributed by atoms with Gasteiger partial charge in [-0.15, -0.1) is 0 Å². The average Bonchev–Trinajstić information content (AvgIpc) is 2.27. The molecule has 0 aliphatic carbocycles. The lowest BCUT2D eigenvalue weighted by Gasteiger charge is -2.15. The first-order chi connectivity index (χ1) is 7.68. The van der Waals surface area contributed by atoms with E-state index >= 15 is 0 Å². The minimum Gasteiger partial charge on any atom is -0.388 e. The topological polar surface area (TPSA) is 33.1 Å². The second-order valence-corrected chi connectivity index (χ2v) is 4.60. The molecule has 0 spiro atoms. The van der Waals surface area contributed by atoms with Crippen molar-refractivity contribution >= 4 is 10.8 Å². The molecule has 1 atom stereocenters. The molecule has 1 N–H and O–H groups in total. The monoisotopic (exact) mass is 215 g/mol. The SMILES string of the molecule is CC(C)CC(O)c1cncc2ccccc12. The number of rotatable bonds is 3. The smallest absolute Gasteiger partial charge is 0.0813 e. The Morgan fingerprint density at radius 3 is 2.69 bits per heavy atom. The Kier molecular flexibility index (Phi) is 3.20. The highest BCUT2D eigenvalue weighted by atomic mass is 16.3. The number of aliphatic hydroxyl groups is 1. The maximum absolute atomic E-state index is 10.1. The van der Waals surface area contributed by atoms with Crippen molar-refractivity contribution in [2.75, 3.05) is 0 Å². The number of benzene rings is 1. The highest BCUT2D eigenvalue weighted by molar-refractivity contribution is 5.84. The number of aromatic nitrogens is 1. The van der Waals surface area contributed by atoms with Gasteiger partial charge < -0.3 is 5.11 Å². The second-order valence-electron chi connectivity index (χ2n) is 4.60. The summed E-state index contributed by atoms with van der Waals surface area (Å²) in [6.45, 7) is 4.23. The quantitative estimate of drug-likeness (QED) is 0.852. The van der Waals surface area contributed by atoms with E-state index in [-0.39, 0.29) is 0 Å². The molecule has 1 unspecified atom stereocenters. The number of hydrogen-bond acceptors (Lipinski definition) is 2. The number of fused-ring (bicyclic) bond motifs is 1. The molecule has 1 aromatic heterocycles. The average molecular weight is 215 g/mol. The van der Waals surface area contributed by atoms with Crippen LogP contribution in [0.1, 0.15) is 31.9 Å². The zero-order valence-corrected chi connectivity index (χ0v) is 9.72. The zero-order valence-electron chi connectivity index (χ0n) is 9.72. The van der Waals surface area contributed by atoms with E-state index in [0.29, 0.717) is 5.92 Å². The zero-order chi connectivity index (χ0) is 11.5. The lowest BCUT2D eigenvalue weighted by Crippen LogP contribution is -2.03. The third-order valence-corrected chi connectivity index (χ3v) is 2.75. The van der Waals surface area contributed by atoms with Gasteiger partial charge in [0, 0.05) is 23.3 Å². The molecule has 0 saturated heterocycles. The number of aliphatic hydroxyl groups excluding tert-OH is 1. The fraction of sp³-hybridized carbons (Fsp3) is 0.357. The predicted octanol–water partition coefficient (Wildman–Crippen LogP) is 3.31. The first-order valence-electron chi connectivity index (χ1n) is 5.69. The molecule has 0 amide bonds. The highest BCUT2D eigenvalue weighted by Gasteiger charge is 2.12. The summed E-state index contributed by atoms with van der Waals surface area (Å²) < 4.78 is 0. The van der Waals surface area contributed by atoms with Gasteiger partial charge in [0.25, 0.3) is 0 Å². The summed E-state index contributed by atoms with van der Waals surface area (Å²) in [5.41, 5.74) is 0.937. The molecule has 2 heteroatoms. The van der Waals surface area contributed by atoms with Crippen molar-refractivity contribution in [3.63, 3.8) is 0 Å². The van der Waals surface area contributed by atoms with Crippen molar-refractivity contribution in [3.05, 3.63) is 42.2 Å². The van der Waals surface area contributed by atoms with Gasteiger partial charge in [0.15, 0.2) is 0 Å². The molecule has 0 saturated carbocycles. The van der Waals surface area contributed by atoms with Gasteiger partial charge in [-0.05, 0) is 17.7 Å². The van der Waals surface area contributed by atoms with E-state index in [1.807, 2.05) is 30.5 Å². The van der Waals surface area contributed by atoms with Crippen molar-refractivity contribution < 1.29 is 5.11 Å². The van der Waals surface area contributed by atoms with Crippen LogP contribution < -0.4 is 0 Å². The summed E-state index contributed by atoms with van der Waals surface area (Å²) in [5.74, 6) is 0.481. The summed E-state index contributed by atoms with van der Waals surface area (Å²) >= 11 is 0. The van der Waals surface area contributed by atoms with Crippen LogP contribution in [-0.2, 0) is 0 Å². The van der Waals surface area contributed by atoms with Crippen LogP contribution in [-0.4, -0.2) is 10.1 Å². The Balaban J connectivity index is 2.44. The molecule has 16 heavy (non-hydrogen) atoms. The van der Waals surface area contributed by atoms with Crippen LogP contribution in [0, 0.1) is 5.92 Å². The summed E-state index contributed by atoms with van der Waals surface area (Å²) in [7, 11) is 0. The summed E-state index contributed by atoms with van der Waals surface area (Å²) in [5, 5.41) is 12.3. The van der Waals surface area contributed by atoms with Crippen LogP contribution in [0.2, 0.25) is 0 Å². The Bertz CT molecular complexity index is 474. The maximum atomic E-state index is 10.1. The predicted molar refractivity (Wildman–Crippen MR) is 66.2 cm³/mol. The first-order valence-corrected chi connectivity index (χ1v) is 5.69. The van der Waals surface area contributed by atoms with Gasteiger partial charge in [-0.3, -0.25) is 4.98 Å². The van der Waals surface area contributed by atoms with E-state index in [1.165, 1.54) is 0 Å². The molecule has 0 bridgehead atoms. The molecule has 2 aromatic rings. The largest absolute Gasteiger partial charge is 0.388 e. The third kappa shape index (κ3) is 2.22. The van der Waals surface area contributed by atoms with Gasteiger partial charge >= 0.3 is 0 Å². The van der Waals surface area contributed by atoms with Crippen molar-refractivity contribution in [1.82, 2.24) is 4.98 Å². The van der Waals surface area contributed by atoms with Crippen LogP contribution >= 0.6 is 0 Å². The van der Waals surface area contributed by atoms with Gasteiger partial charge in [-0.25, -0.2) is 0 Å². The molecule has 0 radical (unpaired) electrons. The normalized spacial score (nSPS) is 13.2. The first kappa shape index (κ1) is 11.1. The molecule has 1 heterocycles. The van der Waals surface area contributed by atoms with Crippen LogP contribution in [0.5, 0.6) is 0 Å². The highest BCUT2D eigenvalue weighted by Crippen LogP contribution is 2.27. The van der Waals surface area contributed by atoms with Crippen LogP contribution in [0.15, 0.2) is 36.7 Å². The van der Waals surface area contributed by atoms with Crippen molar-refractivity contribution in [2.24, 2.45) is 5.92 Å². The fourth-order valence-electron chi connectivity index (χ4n) is 1.98. The molecule has 0 aliphatic heterocycles. The van der Waals surface area contributed by atoms with E-state index in [0.717, 1.165) is 22.8 Å². The lowest BCUT2D eigenvalue weighted by molar-refractivity contribution is 0.152. The summed E-state index contributed by atoms with van der Waals surface area (Å²) in [6, 6.07) is 8.04. The Hall–Kier alpha value is -1.41. The van der Waals surface area contributed by atoms with Gasteiger partial charge in [0.1, 0.15) is 0 Å². The minimum atomic E-state index is -0.418. The van der Waals surface area contributed by atoms with E-state index in [2.05, 4.69) is 18.8 Å². The van der Waals surface area contributed by atoms with Gasteiger partial charge in [0.05, 0.1) is 6.10 Å². The van der Waals surface area contributed by atoms with E-state index in [4.69, 9.17) is 0 Å². The van der Waals surface area contributed by atoms with Gasteiger partial charge in [0.2, 0.25) is 0 Å². The molecule has 1 aromatic carbocycles. The Morgan fingerprint density at radius 2 is 1.94 bits per heavy atom. The fourth-order valence-corrected chi connectivity index (χ4v) is 1.98. The number of nitrogens with zero attached hydrogens (tertiary/aromatic N) is 1. The second kappa shape index (κ2) is 4.62. The molecular weight excluding hydrogens is 198 g/mol. The van der Waals surface area contributed by atoms with Crippen LogP contribution in [0.4, 0.5) is 0 Å². The van der Waals surface area contributed by atoms with Gasteiger partial charge in [-0.1, -0.05) is 38.1 Å². The molecule has 2 nitrogen and oxygen atoms in total. The Labute approximate surface area is 96.0 Å². The van der Waals surface area contributed by atoms with Crippen LogP contribution in [0.3, 0.4) is 0 Å². The molecule has 0 aliphatic rings. The minimum absolute atomic E-state index is 0.418. The van der Waals surface area contributed by atoms with Crippen molar-refractivity contribution in [2.45, 2.75) is 26.4 Å². The Morgan fingerprint density at radius 1 is 1.19 bits per heavy atom.